The summed E-state index contributed by atoms with van der Waals surface area (Å²) < 4.78 is 0. The van der Waals surface area contributed by atoms with Gasteiger partial charge < -0.3 is 15.0 Å². The summed E-state index contributed by atoms with van der Waals surface area (Å²) in [6, 6.07) is 7.85. The summed E-state index contributed by atoms with van der Waals surface area (Å²) in [7, 11) is 0. The van der Waals surface area contributed by atoms with Crippen LogP contribution in [0.5, 0.6) is 0 Å². The molecule has 5 nitrogen and oxygen atoms in total. The van der Waals surface area contributed by atoms with Crippen LogP contribution in [0.3, 0.4) is 0 Å². The van der Waals surface area contributed by atoms with Crippen LogP contribution in [0.15, 0.2) is 94.4 Å². The van der Waals surface area contributed by atoms with Gasteiger partial charge in [0.2, 0.25) is 0 Å². The molecule has 306 valence electrons. The lowest BCUT2D eigenvalue weighted by Crippen LogP contribution is -2.12. The molecule has 54 heavy (non-hydrogen) atoms. The van der Waals surface area contributed by atoms with Crippen LogP contribution in [0.1, 0.15) is 167 Å². The molecule has 0 aliphatic rings. The van der Waals surface area contributed by atoms with Crippen molar-refractivity contribution in [3.05, 3.63) is 100.0 Å². The zero-order valence-electron chi connectivity index (χ0n) is 37.0. The van der Waals surface area contributed by atoms with Gasteiger partial charge in [-0.2, -0.15) is 0 Å². The third-order valence-electron chi connectivity index (χ3n) is 8.27. The van der Waals surface area contributed by atoms with Gasteiger partial charge in [-0.1, -0.05) is 170 Å². The Morgan fingerprint density at radius 3 is 1.81 bits per heavy atom. The standard InChI is InChI=1S/C28H41ClO.C11H17NO2.C5H10O.C4H10/c1-9-11-12-23(17-19-28(7,8)18-10-2)26(30)25(27(4,5)6)20-21(3)22-13-15-24(29)16-14-22;1-5-6-9(3)12-10(4)7-8(2)11(13)14;1-3-5(2)4-6;1-3-4-2/h12-17,19-20,30H,9-11,18H2,1-8H3;7H,2,5-6H2,1,3-4H3,(H,13,14);4-5H,3H2,1-2H3;3-4H2,1-2H3/b19-17+,21-20+,23-12+,26-25-;10-7-,12-9?;;. The molecule has 0 aliphatic carbocycles. The second kappa shape index (κ2) is 30.8. The second-order valence-corrected chi connectivity index (χ2v) is 16.0. The molecule has 0 heterocycles. The summed E-state index contributed by atoms with van der Waals surface area (Å²) in [5.41, 5.74) is 5.73. The number of carboxylic acid groups (broad SMARTS) is 1. The van der Waals surface area contributed by atoms with E-state index in [1.165, 1.54) is 18.9 Å². The van der Waals surface area contributed by atoms with Gasteiger partial charge in [-0.05, 0) is 86.6 Å². The average Bonchev–Trinajstić information content (AvgIpc) is 3.10. The van der Waals surface area contributed by atoms with Gasteiger partial charge in [0.25, 0.3) is 0 Å². The van der Waals surface area contributed by atoms with Gasteiger partial charge in [0.1, 0.15) is 12.0 Å². The number of halogens is 1. The molecule has 1 atom stereocenters. The number of aliphatic hydroxyl groups is 1. The summed E-state index contributed by atoms with van der Waals surface area (Å²) >= 11 is 6.05. The molecule has 1 unspecified atom stereocenters. The lowest BCUT2D eigenvalue weighted by atomic mass is 9.82. The van der Waals surface area contributed by atoms with Gasteiger partial charge >= 0.3 is 5.97 Å². The zero-order chi connectivity index (χ0) is 42.5. The van der Waals surface area contributed by atoms with E-state index in [9.17, 15) is 14.7 Å². The van der Waals surface area contributed by atoms with Crippen molar-refractivity contribution >= 4 is 35.1 Å². The largest absolute Gasteiger partial charge is 0.507 e. The van der Waals surface area contributed by atoms with Crippen LogP contribution in [0.4, 0.5) is 0 Å². The number of allylic oxidation sites excluding steroid dienone is 7. The van der Waals surface area contributed by atoms with E-state index >= 15 is 0 Å². The maximum atomic E-state index is 11.4. The Labute approximate surface area is 337 Å². The van der Waals surface area contributed by atoms with E-state index in [0.717, 1.165) is 84.2 Å². The lowest BCUT2D eigenvalue weighted by molar-refractivity contribution is -0.132. The molecule has 0 fully saturated rings. The number of carbonyl (C=O) groups is 2. The zero-order valence-corrected chi connectivity index (χ0v) is 37.7. The molecule has 0 bridgehead atoms. The van der Waals surface area contributed by atoms with E-state index in [1.807, 2.05) is 45.0 Å². The summed E-state index contributed by atoms with van der Waals surface area (Å²) in [4.78, 5) is 24.4. The highest BCUT2D eigenvalue weighted by Gasteiger charge is 2.22. The number of aliphatic hydroxyl groups excluding tert-OH is 1. The smallest absolute Gasteiger partial charge is 0.335 e. The van der Waals surface area contributed by atoms with E-state index in [0.29, 0.717) is 11.5 Å². The predicted molar refractivity (Wildman–Crippen MR) is 240 cm³/mol. The molecule has 6 heteroatoms. The molecule has 0 saturated heterocycles. The van der Waals surface area contributed by atoms with Crippen molar-refractivity contribution in [2.24, 2.45) is 21.7 Å². The molecule has 0 aliphatic heterocycles. The molecule has 1 aromatic carbocycles. The first-order valence-corrected chi connectivity index (χ1v) is 20.4. The summed E-state index contributed by atoms with van der Waals surface area (Å²) in [6.45, 7) is 34.8. The molecule has 0 radical (unpaired) electrons. The fourth-order valence-corrected chi connectivity index (χ4v) is 4.68. The first kappa shape index (κ1) is 54.9. The molecule has 0 saturated carbocycles. The van der Waals surface area contributed by atoms with Gasteiger partial charge in [0.05, 0.1) is 5.57 Å². The van der Waals surface area contributed by atoms with Crippen LogP contribution in [0.25, 0.3) is 5.57 Å². The van der Waals surface area contributed by atoms with Gasteiger partial charge in [-0.25, -0.2) is 4.79 Å². The normalized spacial score (nSPS) is 13.7. The minimum Gasteiger partial charge on any atom is -0.507 e. The number of aliphatic imine (C=N–C) groups is 1. The Kier molecular flexibility index (Phi) is 31.4. The van der Waals surface area contributed by atoms with Gasteiger partial charge in [-0.15, -0.1) is 0 Å². The van der Waals surface area contributed by atoms with Gasteiger partial charge in [0, 0.05) is 33.5 Å². The highest BCUT2D eigenvalue weighted by Crippen LogP contribution is 2.35. The van der Waals surface area contributed by atoms with Crippen LogP contribution in [-0.4, -0.2) is 28.2 Å². The maximum absolute atomic E-state index is 11.4. The number of aldehydes is 1. The van der Waals surface area contributed by atoms with Crippen LogP contribution < -0.4 is 0 Å². The molecule has 1 rings (SSSR count). The fraction of sp³-hybridized carbons (Fsp3) is 0.562. The lowest BCUT2D eigenvalue weighted by Gasteiger charge is -2.24. The van der Waals surface area contributed by atoms with E-state index in [-0.39, 0.29) is 22.3 Å². The number of nitrogens with zero attached hydrogens (tertiary/aromatic N) is 1. The molecular formula is C48H78ClNO4. The van der Waals surface area contributed by atoms with E-state index in [4.69, 9.17) is 16.7 Å². The molecule has 0 aromatic heterocycles. The van der Waals surface area contributed by atoms with E-state index in [2.05, 4.69) is 112 Å². The molecule has 0 spiro atoms. The number of unbranched alkanes of at least 4 members (excludes halogenated alkanes) is 2. The van der Waals surface area contributed by atoms with Crippen molar-refractivity contribution < 1.29 is 19.8 Å². The molecule has 0 amide bonds. The number of rotatable bonds is 17. The van der Waals surface area contributed by atoms with Crippen molar-refractivity contribution in [3.8, 4) is 0 Å². The quantitative estimate of drug-likeness (QED) is 0.0543. The Hall–Kier alpha value is -3.44. The topological polar surface area (TPSA) is 87.0 Å². The Morgan fingerprint density at radius 1 is 0.870 bits per heavy atom. The SMILES string of the molecule is C=C(/C=C(/C)N=C(C)CCC)C(=O)O.CCC(C)C=O.CCC/C=C(\C=C\C(C)(C)CCC)C(/O)=C(\C=C(/C)c1ccc(Cl)cc1)C(C)(C)C.CCCC. The Balaban J connectivity index is -0.000000887. The van der Waals surface area contributed by atoms with Crippen molar-refractivity contribution in [1.29, 1.82) is 0 Å². The first-order valence-electron chi connectivity index (χ1n) is 20.0. The van der Waals surface area contributed by atoms with Crippen LogP contribution >= 0.6 is 11.6 Å². The molecule has 1 aromatic rings. The van der Waals surface area contributed by atoms with Crippen molar-refractivity contribution in [2.45, 2.75) is 162 Å². The highest BCUT2D eigenvalue weighted by molar-refractivity contribution is 6.30. The minimum atomic E-state index is -1.01. The number of benzene rings is 1. The number of aliphatic carboxylic acids is 1. The third kappa shape index (κ3) is 28.1. The van der Waals surface area contributed by atoms with Crippen LogP contribution in [-0.2, 0) is 9.59 Å². The van der Waals surface area contributed by atoms with E-state index in [1.54, 1.807) is 6.92 Å². The Bertz CT molecular complexity index is 1410. The van der Waals surface area contributed by atoms with Crippen LogP contribution in [0.2, 0.25) is 5.02 Å². The maximum Gasteiger partial charge on any atom is 0.335 e. The Morgan fingerprint density at radius 2 is 1.43 bits per heavy atom. The van der Waals surface area contributed by atoms with Crippen molar-refractivity contribution in [1.82, 2.24) is 0 Å². The third-order valence-corrected chi connectivity index (χ3v) is 8.52. The van der Waals surface area contributed by atoms with Crippen LogP contribution in [0, 0.1) is 16.7 Å². The second-order valence-electron chi connectivity index (χ2n) is 15.6. The predicted octanol–water partition coefficient (Wildman–Crippen LogP) is 15.5. The van der Waals surface area contributed by atoms with Gasteiger partial charge in [0.15, 0.2) is 0 Å². The molecule has 2 N–H and O–H groups in total. The number of carboxylic acids is 1. The van der Waals surface area contributed by atoms with Crippen molar-refractivity contribution in [2.75, 3.05) is 0 Å². The highest BCUT2D eigenvalue weighted by atomic mass is 35.5. The monoisotopic (exact) mass is 768 g/mol. The van der Waals surface area contributed by atoms with Gasteiger partial charge in [-0.3, -0.25) is 4.99 Å². The summed E-state index contributed by atoms with van der Waals surface area (Å²) in [5.74, 6) is -0.384. The summed E-state index contributed by atoms with van der Waals surface area (Å²) in [6.07, 6.45) is 20.9. The molecular weight excluding hydrogens is 690 g/mol. The number of carbonyl (C=O) groups excluding carboxylic acids is 1. The van der Waals surface area contributed by atoms with E-state index < -0.39 is 5.97 Å². The average molecular weight is 769 g/mol. The fourth-order valence-electron chi connectivity index (χ4n) is 4.56. The van der Waals surface area contributed by atoms with Crippen molar-refractivity contribution in [3.63, 3.8) is 0 Å². The number of hydrogen-bond donors (Lipinski definition) is 2. The number of hydrogen-bond acceptors (Lipinski definition) is 4. The first-order chi connectivity index (χ1) is 25.1. The summed E-state index contributed by atoms with van der Waals surface area (Å²) in [5, 5.41) is 20.7. The minimum absolute atomic E-state index is 0.0653.